The summed E-state index contributed by atoms with van der Waals surface area (Å²) in [6.07, 6.45) is 5.33. The lowest BCUT2D eigenvalue weighted by Crippen LogP contribution is -2.09. The number of anilines is 1. The Balaban J connectivity index is 2.14. The average molecular weight is 243 g/mol. The number of aromatic nitrogens is 2. The molecule has 0 radical (unpaired) electrons. The zero-order chi connectivity index (χ0) is 12.8. The van der Waals surface area contributed by atoms with Gasteiger partial charge in [0, 0.05) is 18.6 Å². The molecule has 0 bridgehead atoms. The summed E-state index contributed by atoms with van der Waals surface area (Å²) < 4.78 is 5.54. The summed E-state index contributed by atoms with van der Waals surface area (Å²) in [5.74, 6) is 1.55. The molecule has 0 amide bonds. The van der Waals surface area contributed by atoms with Gasteiger partial charge in [-0.1, -0.05) is 0 Å². The molecule has 1 unspecified atom stereocenters. The van der Waals surface area contributed by atoms with Crippen LogP contribution in [-0.4, -0.2) is 16.6 Å². The summed E-state index contributed by atoms with van der Waals surface area (Å²) >= 11 is 0. The van der Waals surface area contributed by atoms with Gasteiger partial charge in [-0.05, 0) is 43.7 Å². The topological polar surface area (TPSA) is 47.0 Å². The van der Waals surface area contributed by atoms with E-state index < -0.39 is 0 Å². The minimum atomic E-state index is 0.155. The Hall–Kier alpha value is -2.10. The summed E-state index contributed by atoms with van der Waals surface area (Å²) in [6, 6.07) is 7.91. The Bertz CT molecular complexity index is 487. The lowest BCUT2D eigenvalue weighted by molar-refractivity contribution is 0.340. The molecular weight excluding hydrogens is 226 g/mol. The number of nitrogens with zero attached hydrogens (tertiary/aromatic N) is 2. The fraction of sp³-hybridized carbons (Fsp3) is 0.286. The van der Waals surface area contributed by atoms with Crippen molar-refractivity contribution in [3.63, 3.8) is 0 Å². The Morgan fingerprint density at radius 3 is 2.72 bits per heavy atom. The summed E-state index contributed by atoms with van der Waals surface area (Å²) in [5.41, 5.74) is 1.16. The quantitative estimate of drug-likeness (QED) is 0.876. The van der Waals surface area contributed by atoms with Crippen LogP contribution in [0.5, 0.6) is 5.75 Å². The molecule has 18 heavy (non-hydrogen) atoms. The van der Waals surface area contributed by atoms with Gasteiger partial charge in [-0.2, -0.15) is 0 Å². The molecule has 0 fully saturated rings. The third kappa shape index (κ3) is 2.97. The molecule has 1 atom stereocenters. The van der Waals surface area contributed by atoms with Crippen LogP contribution in [0.25, 0.3) is 0 Å². The Labute approximate surface area is 107 Å². The molecule has 2 rings (SSSR count). The third-order valence-corrected chi connectivity index (χ3v) is 2.63. The number of hydrogen-bond acceptors (Lipinski definition) is 4. The zero-order valence-corrected chi connectivity index (χ0v) is 10.6. The second-order valence-electron chi connectivity index (χ2n) is 3.93. The fourth-order valence-electron chi connectivity index (χ4n) is 1.71. The maximum Gasteiger partial charge on any atom is 0.169 e. The first-order valence-corrected chi connectivity index (χ1v) is 6.05. The molecule has 0 aliphatic rings. The van der Waals surface area contributed by atoms with Crippen molar-refractivity contribution in [1.29, 1.82) is 0 Å². The molecule has 2 aromatic rings. The monoisotopic (exact) mass is 243 g/mol. The minimum Gasteiger partial charge on any atom is -0.490 e. The molecule has 2 aromatic heterocycles. The van der Waals surface area contributed by atoms with Crippen molar-refractivity contribution < 1.29 is 4.74 Å². The van der Waals surface area contributed by atoms with E-state index in [4.69, 9.17) is 4.74 Å². The van der Waals surface area contributed by atoms with Gasteiger partial charge in [0.25, 0.3) is 0 Å². The van der Waals surface area contributed by atoms with Gasteiger partial charge in [-0.3, -0.25) is 4.98 Å². The van der Waals surface area contributed by atoms with E-state index in [-0.39, 0.29) is 6.04 Å². The van der Waals surface area contributed by atoms with E-state index in [1.165, 1.54) is 0 Å². The van der Waals surface area contributed by atoms with Gasteiger partial charge < -0.3 is 10.1 Å². The second kappa shape index (κ2) is 6.00. The zero-order valence-electron chi connectivity index (χ0n) is 10.6. The minimum absolute atomic E-state index is 0.155. The molecule has 4 nitrogen and oxygen atoms in total. The predicted molar refractivity (Wildman–Crippen MR) is 71.7 cm³/mol. The van der Waals surface area contributed by atoms with E-state index in [1.807, 2.05) is 31.2 Å². The van der Waals surface area contributed by atoms with Crippen molar-refractivity contribution in [2.24, 2.45) is 0 Å². The van der Waals surface area contributed by atoms with Gasteiger partial charge in [0.1, 0.15) is 0 Å². The van der Waals surface area contributed by atoms with Crippen LogP contribution in [0.2, 0.25) is 0 Å². The second-order valence-corrected chi connectivity index (χ2v) is 3.93. The number of pyridine rings is 2. The van der Waals surface area contributed by atoms with Crippen LogP contribution in [-0.2, 0) is 0 Å². The van der Waals surface area contributed by atoms with E-state index >= 15 is 0 Å². The van der Waals surface area contributed by atoms with Crippen molar-refractivity contribution in [3.05, 3.63) is 48.4 Å². The van der Waals surface area contributed by atoms with Crippen LogP contribution >= 0.6 is 0 Å². The van der Waals surface area contributed by atoms with Crippen molar-refractivity contribution in [2.75, 3.05) is 11.9 Å². The molecule has 4 heteroatoms. The molecule has 0 saturated carbocycles. The lowest BCUT2D eigenvalue weighted by atomic mass is 10.1. The van der Waals surface area contributed by atoms with Crippen molar-refractivity contribution >= 4 is 5.82 Å². The Kier molecular flexibility index (Phi) is 4.12. The van der Waals surface area contributed by atoms with Gasteiger partial charge in [-0.25, -0.2) is 4.98 Å². The van der Waals surface area contributed by atoms with E-state index in [2.05, 4.69) is 22.2 Å². The number of ether oxygens (including phenoxy) is 1. The van der Waals surface area contributed by atoms with E-state index in [1.54, 1.807) is 18.6 Å². The highest BCUT2D eigenvalue weighted by Crippen LogP contribution is 2.25. The van der Waals surface area contributed by atoms with Crippen LogP contribution in [0.3, 0.4) is 0 Å². The highest BCUT2D eigenvalue weighted by atomic mass is 16.5. The third-order valence-electron chi connectivity index (χ3n) is 2.63. The molecule has 0 aliphatic carbocycles. The highest BCUT2D eigenvalue weighted by Gasteiger charge is 2.09. The molecule has 0 aromatic carbocycles. The standard InChI is InChI=1S/C14H17N3O/c1-3-18-13-5-4-8-16-14(13)17-11(2)12-6-9-15-10-7-12/h4-11H,3H2,1-2H3,(H,16,17). The first kappa shape index (κ1) is 12.4. The average Bonchev–Trinajstić information content (AvgIpc) is 2.42. The lowest BCUT2D eigenvalue weighted by Gasteiger charge is -2.17. The van der Waals surface area contributed by atoms with Gasteiger partial charge in [0.15, 0.2) is 11.6 Å². The van der Waals surface area contributed by atoms with Gasteiger partial charge in [0.05, 0.1) is 12.6 Å². The smallest absolute Gasteiger partial charge is 0.169 e. The normalized spacial score (nSPS) is 11.9. The number of nitrogens with one attached hydrogen (secondary N) is 1. The number of hydrogen-bond donors (Lipinski definition) is 1. The van der Waals surface area contributed by atoms with Gasteiger partial charge in [-0.15, -0.1) is 0 Å². The fourth-order valence-corrected chi connectivity index (χ4v) is 1.71. The van der Waals surface area contributed by atoms with Crippen LogP contribution in [0.15, 0.2) is 42.9 Å². The first-order valence-electron chi connectivity index (χ1n) is 6.05. The van der Waals surface area contributed by atoms with Gasteiger partial charge >= 0.3 is 0 Å². The van der Waals surface area contributed by atoms with E-state index in [9.17, 15) is 0 Å². The van der Waals surface area contributed by atoms with Gasteiger partial charge in [0.2, 0.25) is 0 Å². The SMILES string of the molecule is CCOc1cccnc1NC(C)c1ccncc1. The molecule has 0 spiro atoms. The maximum atomic E-state index is 5.54. The van der Waals surface area contributed by atoms with Crippen LogP contribution in [0, 0.1) is 0 Å². The largest absolute Gasteiger partial charge is 0.490 e. The molecular formula is C14H17N3O. The molecule has 0 aliphatic heterocycles. The van der Waals surface area contributed by atoms with Crippen molar-refractivity contribution in [2.45, 2.75) is 19.9 Å². The van der Waals surface area contributed by atoms with Crippen molar-refractivity contribution in [3.8, 4) is 5.75 Å². The Morgan fingerprint density at radius 2 is 2.00 bits per heavy atom. The highest BCUT2D eigenvalue weighted by molar-refractivity contribution is 5.50. The summed E-state index contributed by atoms with van der Waals surface area (Å²) in [5, 5.41) is 3.35. The van der Waals surface area contributed by atoms with Crippen LogP contribution < -0.4 is 10.1 Å². The first-order chi connectivity index (χ1) is 8.81. The van der Waals surface area contributed by atoms with Crippen LogP contribution in [0.4, 0.5) is 5.82 Å². The molecule has 94 valence electrons. The Morgan fingerprint density at radius 1 is 1.22 bits per heavy atom. The maximum absolute atomic E-state index is 5.54. The van der Waals surface area contributed by atoms with E-state index in [0.717, 1.165) is 17.1 Å². The van der Waals surface area contributed by atoms with E-state index in [0.29, 0.717) is 6.61 Å². The number of rotatable bonds is 5. The molecule has 1 N–H and O–H groups in total. The van der Waals surface area contributed by atoms with Crippen molar-refractivity contribution in [1.82, 2.24) is 9.97 Å². The summed E-state index contributed by atoms with van der Waals surface area (Å²) in [7, 11) is 0. The summed E-state index contributed by atoms with van der Waals surface area (Å²) in [4.78, 5) is 8.32. The predicted octanol–water partition coefficient (Wildman–Crippen LogP) is 3.05. The molecule has 0 saturated heterocycles. The summed E-state index contributed by atoms with van der Waals surface area (Å²) in [6.45, 7) is 4.67. The molecule has 2 heterocycles. The van der Waals surface area contributed by atoms with Crippen LogP contribution in [0.1, 0.15) is 25.5 Å².